The fourth-order valence-corrected chi connectivity index (χ4v) is 1.47. The Morgan fingerprint density at radius 2 is 2.10 bits per heavy atom. The van der Waals surface area contributed by atoms with Crippen molar-refractivity contribution in [3.8, 4) is 11.8 Å². The van der Waals surface area contributed by atoms with Crippen LogP contribution in [-0.4, -0.2) is 23.3 Å². The van der Waals surface area contributed by atoms with E-state index in [0.717, 1.165) is 16.7 Å². The molecule has 0 aliphatic heterocycles. The van der Waals surface area contributed by atoms with E-state index in [1.165, 1.54) is 0 Å². The smallest absolute Gasteiger partial charge is 0.408 e. The number of amides is 1. The lowest BCUT2D eigenvalue weighted by atomic mass is 10.1. The van der Waals surface area contributed by atoms with Crippen molar-refractivity contribution in [1.82, 2.24) is 5.32 Å². The summed E-state index contributed by atoms with van der Waals surface area (Å²) in [4.78, 5) is 11.4. The number of aryl methyl sites for hydroxylation is 1. The van der Waals surface area contributed by atoms with Crippen molar-refractivity contribution in [2.75, 3.05) is 6.54 Å². The monoisotopic (exact) mass is 275 g/mol. The van der Waals surface area contributed by atoms with Crippen LogP contribution in [0.4, 0.5) is 4.79 Å². The zero-order valence-electron chi connectivity index (χ0n) is 12.4. The predicted octanol–water partition coefficient (Wildman–Crippen LogP) is 2.36. The number of hydrogen-bond donors (Lipinski definition) is 2. The topological polar surface area (TPSA) is 58.6 Å². The molecule has 0 heterocycles. The summed E-state index contributed by atoms with van der Waals surface area (Å²) in [6.07, 6.45) is -0.479. The molecule has 0 saturated heterocycles. The Labute approximate surface area is 120 Å². The predicted molar refractivity (Wildman–Crippen MR) is 78.2 cm³/mol. The van der Waals surface area contributed by atoms with Crippen molar-refractivity contribution < 1.29 is 14.6 Å². The first-order chi connectivity index (χ1) is 9.31. The lowest BCUT2D eigenvalue weighted by Gasteiger charge is -2.19. The first-order valence-electron chi connectivity index (χ1n) is 6.48. The van der Waals surface area contributed by atoms with E-state index < -0.39 is 11.7 Å². The van der Waals surface area contributed by atoms with Crippen LogP contribution in [-0.2, 0) is 11.3 Å². The number of carbonyl (C=O) groups is 1. The number of hydrogen-bond acceptors (Lipinski definition) is 3. The van der Waals surface area contributed by atoms with Gasteiger partial charge in [-0.15, -0.1) is 0 Å². The van der Waals surface area contributed by atoms with Crippen LogP contribution in [0.2, 0.25) is 0 Å². The molecule has 0 radical (unpaired) electrons. The highest BCUT2D eigenvalue weighted by molar-refractivity contribution is 5.68. The largest absolute Gasteiger partial charge is 0.444 e. The van der Waals surface area contributed by atoms with Crippen LogP contribution in [0.5, 0.6) is 0 Å². The minimum absolute atomic E-state index is 0.00881. The van der Waals surface area contributed by atoms with Gasteiger partial charge in [0.25, 0.3) is 0 Å². The molecule has 0 spiro atoms. The van der Waals surface area contributed by atoms with Gasteiger partial charge in [0.05, 0.1) is 13.2 Å². The lowest BCUT2D eigenvalue weighted by molar-refractivity contribution is 0.0535. The number of carbonyl (C=O) groups excluding carboxylic acids is 1. The molecular weight excluding hydrogens is 254 g/mol. The number of aliphatic hydroxyl groups is 1. The third-order valence-electron chi connectivity index (χ3n) is 2.43. The van der Waals surface area contributed by atoms with Crippen LogP contribution in [0.1, 0.15) is 37.5 Å². The van der Waals surface area contributed by atoms with Crippen LogP contribution in [0.25, 0.3) is 0 Å². The number of benzene rings is 1. The minimum Gasteiger partial charge on any atom is -0.444 e. The van der Waals surface area contributed by atoms with E-state index in [4.69, 9.17) is 9.84 Å². The van der Waals surface area contributed by atoms with Crippen molar-refractivity contribution in [1.29, 1.82) is 0 Å². The fraction of sp³-hybridized carbons (Fsp3) is 0.438. The molecule has 20 heavy (non-hydrogen) atoms. The molecule has 1 rings (SSSR count). The van der Waals surface area contributed by atoms with Gasteiger partial charge in [-0.3, -0.25) is 0 Å². The first-order valence-corrected chi connectivity index (χ1v) is 6.48. The summed E-state index contributed by atoms with van der Waals surface area (Å²) in [5.41, 5.74) is 2.19. The molecule has 4 heteroatoms. The Balaban J connectivity index is 2.57. The molecule has 1 aromatic carbocycles. The molecular formula is C16H21NO3. The Hall–Kier alpha value is -1.99. The maximum atomic E-state index is 11.4. The summed E-state index contributed by atoms with van der Waals surface area (Å²) in [6.45, 7) is 7.58. The summed E-state index contributed by atoms with van der Waals surface area (Å²) in [5, 5.41) is 11.7. The summed E-state index contributed by atoms with van der Waals surface area (Å²) < 4.78 is 5.10. The molecule has 0 saturated carbocycles. The van der Waals surface area contributed by atoms with Gasteiger partial charge in [0.1, 0.15) is 5.60 Å². The van der Waals surface area contributed by atoms with Crippen LogP contribution < -0.4 is 5.32 Å². The zero-order valence-corrected chi connectivity index (χ0v) is 12.4. The summed E-state index contributed by atoms with van der Waals surface area (Å²) in [7, 11) is 0. The van der Waals surface area contributed by atoms with E-state index >= 15 is 0 Å². The maximum absolute atomic E-state index is 11.4. The molecule has 4 nitrogen and oxygen atoms in total. The number of rotatable bonds is 2. The first kappa shape index (κ1) is 16.1. The molecule has 1 aromatic rings. The quantitative estimate of drug-likeness (QED) is 0.815. The third kappa shape index (κ3) is 5.77. The lowest BCUT2D eigenvalue weighted by Crippen LogP contribution is -2.32. The Morgan fingerprint density at radius 1 is 1.40 bits per heavy atom. The maximum Gasteiger partial charge on any atom is 0.408 e. The minimum atomic E-state index is -0.510. The second kappa shape index (κ2) is 6.97. The van der Waals surface area contributed by atoms with Gasteiger partial charge in [-0.2, -0.15) is 0 Å². The normalized spacial score (nSPS) is 10.4. The second-order valence-corrected chi connectivity index (χ2v) is 5.46. The van der Waals surface area contributed by atoms with Gasteiger partial charge < -0.3 is 15.2 Å². The molecule has 0 atom stereocenters. The van der Waals surface area contributed by atoms with Crippen LogP contribution in [0.3, 0.4) is 0 Å². The van der Waals surface area contributed by atoms with Crippen molar-refractivity contribution in [2.45, 2.75) is 39.9 Å². The Kier molecular flexibility index (Phi) is 5.60. The molecule has 0 aromatic heterocycles. The summed E-state index contributed by atoms with van der Waals surface area (Å²) in [5.74, 6) is 5.84. The molecule has 2 N–H and O–H groups in total. The van der Waals surface area contributed by atoms with Crippen LogP contribution in [0, 0.1) is 18.8 Å². The zero-order chi connectivity index (χ0) is 15.2. The highest BCUT2D eigenvalue weighted by Crippen LogP contribution is 2.10. The van der Waals surface area contributed by atoms with E-state index in [2.05, 4.69) is 17.2 Å². The average Bonchev–Trinajstić information content (AvgIpc) is 2.34. The van der Waals surface area contributed by atoms with Gasteiger partial charge in [-0.1, -0.05) is 24.0 Å². The number of alkyl carbamates (subject to hydrolysis) is 1. The van der Waals surface area contributed by atoms with Gasteiger partial charge >= 0.3 is 6.09 Å². The molecule has 0 fully saturated rings. The SMILES string of the molecule is Cc1ccc(CO)cc1C#CCNC(=O)OC(C)(C)C. The van der Waals surface area contributed by atoms with Crippen LogP contribution in [0.15, 0.2) is 18.2 Å². The van der Waals surface area contributed by atoms with Crippen molar-refractivity contribution in [3.63, 3.8) is 0 Å². The molecule has 0 bridgehead atoms. The average molecular weight is 275 g/mol. The third-order valence-corrected chi connectivity index (χ3v) is 2.43. The molecule has 0 aliphatic carbocycles. The van der Waals surface area contributed by atoms with E-state index in [-0.39, 0.29) is 13.2 Å². The van der Waals surface area contributed by atoms with Crippen molar-refractivity contribution >= 4 is 6.09 Å². The number of aliphatic hydroxyl groups excluding tert-OH is 1. The van der Waals surface area contributed by atoms with E-state index in [0.29, 0.717) is 0 Å². The Morgan fingerprint density at radius 3 is 2.70 bits per heavy atom. The van der Waals surface area contributed by atoms with Gasteiger partial charge in [-0.25, -0.2) is 4.79 Å². The Bertz CT molecular complexity index is 533. The number of nitrogens with one attached hydrogen (secondary N) is 1. The van der Waals surface area contributed by atoms with E-state index in [1.807, 2.05) is 45.9 Å². The van der Waals surface area contributed by atoms with Crippen molar-refractivity contribution in [3.05, 3.63) is 34.9 Å². The van der Waals surface area contributed by atoms with Gasteiger partial charge in [0.15, 0.2) is 0 Å². The summed E-state index contributed by atoms with van der Waals surface area (Å²) >= 11 is 0. The van der Waals surface area contributed by atoms with Crippen LogP contribution >= 0.6 is 0 Å². The molecule has 108 valence electrons. The highest BCUT2D eigenvalue weighted by atomic mass is 16.6. The van der Waals surface area contributed by atoms with Gasteiger partial charge in [0, 0.05) is 5.56 Å². The molecule has 1 amide bonds. The fourth-order valence-electron chi connectivity index (χ4n) is 1.47. The number of ether oxygens (including phenoxy) is 1. The van der Waals surface area contributed by atoms with Gasteiger partial charge in [-0.05, 0) is 44.9 Å². The standard InChI is InChI=1S/C16H21NO3/c1-12-7-8-13(11-18)10-14(12)6-5-9-17-15(19)20-16(2,3)4/h7-8,10,18H,9,11H2,1-4H3,(H,17,19). The second-order valence-electron chi connectivity index (χ2n) is 5.46. The highest BCUT2D eigenvalue weighted by Gasteiger charge is 2.14. The summed E-state index contributed by atoms with van der Waals surface area (Å²) in [6, 6.07) is 5.62. The van der Waals surface area contributed by atoms with Gasteiger partial charge in [0.2, 0.25) is 0 Å². The molecule has 0 aliphatic rings. The van der Waals surface area contributed by atoms with Crippen molar-refractivity contribution in [2.24, 2.45) is 0 Å². The van der Waals surface area contributed by atoms with E-state index in [1.54, 1.807) is 0 Å². The van der Waals surface area contributed by atoms with E-state index in [9.17, 15) is 4.79 Å². The molecule has 0 unspecified atom stereocenters.